The van der Waals surface area contributed by atoms with Gasteiger partial charge in [-0.3, -0.25) is 10.1 Å². The van der Waals surface area contributed by atoms with Gasteiger partial charge in [-0.1, -0.05) is 32.0 Å². The molecule has 5 nitrogen and oxygen atoms in total. The van der Waals surface area contributed by atoms with Crippen LogP contribution in [0.5, 0.6) is 0 Å². The lowest BCUT2D eigenvalue weighted by atomic mass is 10.1. The molecule has 2 rings (SSSR count). The Morgan fingerprint density at radius 1 is 1.33 bits per heavy atom. The van der Waals surface area contributed by atoms with Crippen molar-refractivity contribution < 1.29 is 9.90 Å². The van der Waals surface area contributed by atoms with Crippen LogP contribution < -0.4 is 5.32 Å². The third-order valence-corrected chi connectivity index (χ3v) is 3.85. The summed E-state index contributed by atoms with van der Waals surface area (Å²) in [6, 6.07) is 7.08. The van der Waals surface area contributed by atoms with Crippen LogP contribution in [-0.2, 0) is 4.79 Å². The van der Waals surface area contributed by atoms with Crippen LogP contribution in [0.1, 0.15) is 25.5 Å². The first-order valence-corrected chi connectivity index (χ1v) is 7.41. The molecule has 0 fully saturated rings. The van der Waals surface area contributed by atoms with E-state index in [4.69, 9.17) is 0 Å². The second kappa shape index (κ2) is 7.24. The predicted molar refractivity (Wildman–Crippen MR) is 84.5 cm³/mol. The molecule has 0 spiro atoms. The Bertz CT molecular complexity index is 590. The number of fused-ring (bicyclic) bond motifs is 1. The summed E-state index contributed by atoms with van der Waals surface area (Å²) in [5.41, 5.74) is 1.75. The van der Waals surface area contributed by atoms with E-state index in [9.17, 15) is 9.90 Å². The van der Waals surface area contributed by atoms with E-state index in [-0.39, 0.29) is 0 Å². The molecule has 0 aliphatic carbocycles. The molecule has 0 bridgehead atoms. The molecule has 5 heteroatoms. The van der Waals surface area contributed by atoms with Gasteiger partial charge in [-0.15, -0.1) is 0 Å². The molecule has 0 aliphatic rings. The van der Waals surface area contributed by atoms with Gasteiger partial charge in [0.25, 0.3) is 0 Å². The molecular formula is C16H23N3O2. The van der Waals surface area contributed by atoms with Crippen molar-refractivity contribution in [2.45, 2.75) is 19.9 Å². The molecule has 1 aromatic carbocycles. The second-order valence-electron chi connectivity index (χ2n) is 5.04. The minimum absolute atomic E-state index is 0.651. The SMILES string of the molecule is CCN(CC)CCNC(C(=O)O)c1c[nH]c2ccccc12. The molecule has 0 radical (unpaired) electrons. The zero-order valence-corrected chi connectivity index (χ0v) is 12.6. The quantitative estimate of drug-likeness (QED) is 0.697. The molecule has 0 amide bonds. The van der Waals surface area contributed by atoms with Crippen molar-refractivity contribution in [3.63, 3.8) is 0 Å². The Balaban J connectivity index is 2.10. The summed E-state index contributed by atoms with van der Waals surface area (Å²) in [6.45, 7) is 7.67. The Labute approximate surface area is 125 Å². The predicted octanol–water partition coefficient (Wildman–Crippen LogP) is 2.22. The average Bonchev–Trinajstić information content (AvgIpc) is 2.91. The van der Waals surface area contributed by atoms with Gasteiger partial charge in [-0.2, -0.15) is 0 Å². The van der Waals surface area contributed by atoms with Crippen LogP contribution in [0.3, 0.4) is 0 Å². The maximum atomic E-state index is 11.6. The summed E-state index contributed by atoms with van der Waals surface area (Å²) in [5.74, 6) is -0.848. The highest BCUT2D eigenvalue weighted by molar-refractivity contribution is 5.89. The van der Waals surface area contributed by atoms with Gasteiger partial charge in [0.05, 0.1) is 0 Å². The standard InChI is InChI=1S/C16H23N3O2/c1-3-19(4-2)10-9-17-15(16(20)21)13-11-18-14-8-6-5-7-12(13)14/h5-8,11,15,17-18H,3-4,9-10H2,1-2H3,(H,20,21). The first-order valence-electron chi connectivity index (χ1n) is 7.41. The molecular weight excluding hydrogens is 266 g/mol. The number of aromatic amines is 1. The number of hydrogen-bond acceptors (Lipinski definition) is 3. The fraction of sp³-hybridized carbons (Fsp3) is 0.438. The molecule has 0 saturated heterocycles. The first-order chi connectivity index (χ1) is 10.2. The van der Waals surface area contributed by atoms with Gasteiger partial charge < -0.3 is 15.0 Å². The Morgan fingerprint density at radius 2 is 2.05 bits per heavy atom. The lowest BCUT2D eigenvalue weighted by Crippen LogP contribution is -2.36. The van der Waals surface area contributed by atoms with E-state index in [1.807, 2.05) is 24.3 Å². The molecule has 1 atom stereocenters. The number of carbonyl (C=O) groups is 1. The Hall–Kier alpha value is -1.85. The van der Waals surface area contributed by atoms with Gasteiger partial charge in [-0.25, -0.2) is 0 Å². The fourth-order valence-electron chi connectivity index (χ4n) is 2.57. The molecule has 1 unspecified atom stereocenters. The van der Waals surface area contributed by atoms with Gasteiger partial charge in [0.2, 0.25) is 0 Å². The topological polar surface area (TPSA) is 68.4 Å². The number of benzene rings is 1. The van der Waals surface area contributed by atoms with E-state index < -0.39 is 12.0 Å². The highest BCUT2D eigenvalue weighted by Gasteiger charge is 2.22. The normalized spacial score (nSPS) is 12.9. The number of carboxylic acid groups (broad SMARTS) is 1. The molecule has 1 heterocycles. The molecule has 0 aliphatic heterocycles. The summed E-state index contributed by atoms with van der Waals surface area (Å²) in [4.78, 5) is 17.0. The summed E-state index contributed by atoms with van der Waals surface area (Å²) in [7, 11) is 0. The molecule has 114 valence electrons. The second-order valence-corrected chi connectivity index (χ2v) is 5.04. The summed E-state index contributed by atoms with van der Waals surface area (Å²) in [5, 5.41) is 13.6. The maximum Gasteiger partial charge on any atom is 0.325 e. The van der Waals surface area contributed by atoms with Gasteiger partial charge in [0.1, 0.15) is 6.04 Å². The van der Waals surface area contributed by atoms with E-state index >= 15 is 0 Å². The van der Waals surface area contributed by atoms with Crippen LogP contribution in [0.25, 0.3) is 10.9 Å². The largest absolute Gasteiger partial charge is 0.480 e. The molecule has 3 N–H and O–H groups in total. The van der Waals surface area contributed by atoms with Crippen LogP contribution in [0, 0.1) is 0 Å². The van der Waals surface area contributed by atoms with Crippen molar-refractivity contribution in [2.24, 2.45) is 0 Å². The van der Waals surface area contributed by atoms with E-state index in [0.29, 0.717) is 6.54 Å². The van der Waals surface area contributed by atoms with E-state index in [1.54, 1.807) is 6.20 Å². The van der Waals surface area contributed by atoms with Crippen molar-refractivity contribution in [1.29, 1.82) is 0 Å². The smallest absolute Gasteiger partial charge is 0.325 e. The number of H-pyrrole nitrogens is 1. The van der Waals surface area contributed by atoms with Crippen LogP contribution in [0.4, 0.5) is 0 Å². The summed E-state index contributed by atoms with van der Waals surface area (Å²) in [6.07, 6.45) is 1.79. The fourth-order valence-corrected chi connectivity index (χ4v) is 2.57. The van der Waals surface area contributed by atoms with E-state index in [0.717, 1.165) is 36.1 Å². The van der Waals surface area contributed by atoms with Crippen LogP contribution in [-0.4, -0.2) is 47.1 Å². The van der Waals surface area contributed by atoms with Gasteiger partial charge in [0, 0.05) is 35.8 Å². The van der Waals surface area contributed by atoms with Gasteiger partial charge in [-0.05, 0) is 19.2 Å². The van der Waals surface area contributed by atoms with Gasteiger partial charge >= 0.3 is 5.97 Å². The number of carboxylic acids is 1. The highest BCUT2D eigenvalue weighted by atomic mass is 16.4. The zero-order chi connectivity index (χ0) is 15.2. The zero-order valence-electron chi connectivity index (χ0n) is 12.6. The van der Waals surface area contributed by atoms with Crippen molar-refractivity contribution in [3.8, 4) is 0 Å². The number of aliphatic carboxylic acids is 1. The average molecular weight is 289 g/mol. The number of aromatic nitrogens is 1. The molecule has 1 aromatic heterocycles. The number of rotatable bonds is 8. The van der Waals surface area contributed by atoms with Gasteiger partial charge in [0.15, 0.2) is 0 Å². The lowest BCUT2D eigenvalue weighted by Gasteiger charge is -2.20. The van der Waals surface area contributed by atoms with Crippen LogP contribution in [0.15, 0.2) is 30.5 Å². The number of hydrogen-bond donors (Lipinski definition) is 3. The number of likely N-dealkylation sites (N-methyl/N-ethyl adjacent to an activating group) is 1. The molecule has 2 aromatic rings. The first kappa shape index (κ1) is 15.5. The van der Waals surface area contributed by atoms with E-state index in [1.165, 1.54) is 0 Å². The van der Waals surface area contributed by atoms with Crippen molar-refractivity contribution >= 4 is 16.9 Å². The highest BCUT2D eigenvalue weighted by Crippen LogP contribution is 2.24. The Kier molecular flexibility index (Phi) is 5.36. The van der Waals surface area contributed by atoms with Crippen molar-refractivity contribution in [3.05, 3.63) is 36.0 Å². The van der Waals surface area contributed by atoms with E-state index in [2.05, 4.69) is 29.0 Å². The third kappa shape index (κ3) is 3.62. The van der Waals surface area contributed by atoms with Crippen LogP contribution >= 0.6 is 0 Å². The summed E-state index contributed by atoms with van der Waals surface area (Å²) < 4.78 is 0. The summed E-state index contributed by atoms with van der Waals surface area (Å²) >= 11 is 0. The molecule has 21 heavy (non-hydrogen) atoms. The lowest BCUT2D eigenvalue weighted by molar-refractivity contribution is -0.139. The Morgan fingerprint density at radius 3 is 2.71 bits per heavy atom. The number of nitrogens with one attached hydrogen (secondary N) is 2. The maximum absolute atomic E-state index is 11.6. The van der Waals surface area contributed by atoms with Crippen molar-refractivity contribution in [1.82, 2.24) is 15.2 Å². The van der Waals surface area contributed by atoms with Crippen molar-refractivity contribution in [2.75, 3.05) is 26.2 Å². The number of nitrogens with zero attached hydrogens (tertiary/aromatic N) is 1. The number of para-hydroxylation sites is 1. The van der Waals surface area contributed by atoms with Crippen LogP contribution in [0.2, 0.25) is 0 Å². The molecule has 0 saturated carbocycles. The third-order valence-electron chi connectivity index (χ3n) is 3.85. The minimum Gasteiger partial charge on any atom is -0.480 e. The monoisotopic (exact) mass is 289 g/mol. The minimum atomic E-state index is -0.848.